The van der Waals surface area contributed by atoms with E-state index in [2.05, 4.69) is 58.4 Å². The van der Waals surface area contributed by atoms with Gasteiger partial charge >= 0.3 is 0 Å². The van der Waals surface area contributed by atoms with Crippen LogP contribution in [0.25, 0.3) is 0 Å². The van der Waals surface area contributed by atoms with Gasteiger partial charge in [-0.2, -0.15) is 0 Å². The quantitative estimate of drug-likeness (QED) is 0.317. The van der Waals surface area contributed by atoms with Crippen molar-refractivity contribution in [2.24, 2.45) is 16.7 Å². The summed E-state index contributed by atoms with van der Waals surface area (Å²) < 4.78 is 13.6. The van der Waals surface area contributed by atoms with Gasteiger partial charge in [-0.1, -0.05) is 26.0 Å². The lowest BCUT2D eigenvalue weighted by Gasteiger charge is -2.35. The fraction of sp³-hybridized carbons (Fsp3) is 0.800. The average Bonchev–Trinajstić information content (AvgIpc) is 3.04. The Balaban J connectivity index is 1.94. The van der Waals surface area contributed by atoms with Gasteiger partial charge in [0.05, 0.1) is 13.2 Å². The molecule has 0 radical (unpaired) electrons. The molecule has 0 aromatic heterocycles. The Morgan fingerprint density at radius 3 is 2.30 bits per heavy atom. The molecule has 0 spiro atoms. The topological polar surface area (TPSA) is 59.1 Å². The fourth-order valence-corrected chi connectivity index (χ4v) is 6.07. The summed E-state index contributed by atoms with van der Waals surface area (Å²) in [5.74, 6) is -0.222. The summed E-state index contributed by atoms with van der Waals surface area (Å²) in [6.45, 7) is 13.2. The summed E-state index contributed by atoms with van der Waals surface area (Å²) in [6.07, 6.45) is 6.82. The first kappa shape index (κ1) is 22.5. The third kappa shape index (κ3) is 4.79. The van der Waals surface area contributed by atoms with Gasteiger partial charge in [0.25, 0.3) is 8.53 Å². The molecule has 6 nitrogen and oxygen atoms in total. The van der Waals surface area contributed by atoms with Crippen LogP contribution in [0, 0.1) is 16.7 Å². The minimum absolute atomic E-state index is 0.0829. The molecule has 0 N–H and O–H groups in total. The van der Waals surface area contributed by atoms with Gasteiger partial charge in [0.15, 0.2) is 0 Å². The minimum atomic E-state index is -1.22. The first-order valence-electron chi connectivity index (χ1n) is 9.78. The number of fused-ring (bicyclic) bond motifs is 2. The molecular formula is C20H35N2O4P. The lowest BCUT2D eigenvalue weighted by atomic mass is 9.78. The Hall–Kier alpha value is -0.810. The molecule has 2 bridgehead atoms. The highest BCUT2D eigenvalue weighted by Crippen LogP contribution is 2.60. The van der Waals surface area contributed by atoms with Gasteiger partial charge in [-0.25, -0.2) is 4.67 Å². The summed E-state index contributed by atoms with van der Waals surface area (Å²) >= 11 is 0. The van der Waals surface area contributed by atoms with Crippen LogP contribution in [0.5, 0.6) is 0 Å². The Labute approximate surface area is 165 Å². The largest absolute Gasteiger partial charge is 0.325 e. The van der Waals surface area contributed by atoms with E-state index in [1.54, 1.807) is 7.11 Å². The smallest absolute Gasteiger partial charge is 0.258 e. The standard InChI is InChI=1S/C20H35N2O4P/c1-15(2)22(16(3)4)27(25-7)26-11-10-21(14-23)18(24)17-12-19(5)8-9-20(17,6)13-19/h8-9,14-17H,10-13H2,1-7H3/t17-,19+,20+,27?/m1/s1. The molecule has 27 heavy (non-hydrogen) atoms. The molecule has 2 aliphatic carbocycles. The van der Waals surface area contributed by atoms with Crippen LogP contribution in [0.3, 0.4) is 0 Å². The van der Waals surface area contributed by atoms with Gasteiger partial charge in [-0.15, -0.1) is 0 Å². The number of rotatable bonds is 10. The second-order valence-electron chi connectivity index (χ2n) is 8.88. The summed E-state index contributed by atoms with van der Waals surface area (Å²) in [5, 5.41) is 0. The Morgan fingerprint density at radius 2 is 1.89 bits per heavy atom. The van der Waals surface area contributed by atoms with Crippen molar-refractivity contribution in [2.45, 2.75) is 66.5 Å². The minimum Gasteiger partial charge on any atom is -0.325 e. The number of hydrogen-bond donors (Lipinski definition) is 0. The zero-order chi connectivity index (χ0) is 20.4. The highest BCUT2D eigenvalue weighted by Gasteiger charge is 2.55. The number of carbonyl (C=O) groups excluding carboxylic acids is 2. The van der Waals surface area contributed by atoms with E-state index in [4.69, 9.17) is 9.05 Å². The SMILES string of the molecule is COP(OCCN(C=O)C(=O)[C@H]1C[C@]2(C)C=C[C@@]1(C)C2)N(C(C)C)C(C)C. The van der Waals surface area contributed by atoms with Gasteiger partial charge in [0, 0.05) is 25.1 Å². The maximum Gasteiger partial charge on any atom is 0.258 e. The third-order valence-corrected chi connectivity index (χ3v) is 7.78. The van der Waals surface area contributed by atoms with E-state index in [0.717, 1.165) is 12.8 Å². The van der Waals surface area contributed by atoms with Crippen LogP contribution >= 0.6 is 8.53 Å². The van der Waals surface area contributed by atoms with E-state index in [1.807, 2.05) is 0 Å². The fourth-order valence-electron chi connectivity index (χ4n) is 4.65. The van der Waals surface area contributed by atoms with Crippen molar-refractivity contribution in [1.82, 2.24) is 9.57 Å². The average molecular weight is 398 g/mol. The van der Waals surface area contributed by atoms with E-state index >= 15 is 0 Å². The molecule has 2 rings (SSSR count). The number of allylic oxidation sites excluding steroid dienone is 2. The molecule has 2 aliphatic rings. The summed E-state index contributed by atoms with van der Waals surface area (Å²) in [5.41, 5.74) is -0.0568. The molecule has 1 saturated carbocycles. The maximum atomic E-state index is 13.0. The summed E-state index contributed by atoms with van der Waals surface area (Å²) in [4.78, 5) is 25.8. The number of nitrogens with zero attached hydrogens (tertiary/aromatic N) is 2. The normalized spacial score (nSPS) is 30.5. The van der Waals surface area contributed by atoms with E-state index in [9.17, 15) is 9.59 Å². The lowest BCUT2D eigenvalue weighted by Crippen LogP contribution is -2.41. The Bertz CT molecular complexity index is 574. The van der Waals surface area contributed by atoms with Crippen LogP contribution in [-0.4, -0.2) is 54.2 Å². The zero-order valence-corrected chi connectivity index (χ0v) is 18.7. The third-order valence-electron chi connectivity index (χ3n) is 5.76. The second kappa shape index (κ2) is 8.69. The van der Waals surface area contributed by atoms with Gasteiger partial charge in [-0.05, 0) is 51.4 Å². The van der Waals surface area contributed by atoms with E-state index < -0.39 is 8.53 Å². The van der Waals surface area contributed by atoms with Crippen molar-refractivity contribution < 1.29 is 18.6 Å². The van der Waals surface area contributed by atoms with Gasteiger partial charge in [-0.3, -0.25) is 14.5 Å². The van der Waals surface area contributed by atoms with Crippen LogP contribution in [0.15, 0.2) is 12.2 Å². The lowest BCUT2D eigenvalue weighted by molar-refractivity contribution is -0.143. The molecule has 1 unspecified atom stereocenters. The molecular weight excluding hydrogens is 363 g/mol. The molecule has 4 atom stereocenters. The van der Waals surface area contributed by atoms with E-state index in [1.165, 1.54) is 4.90 Å². The number of imide groups is 1. The number of hydrogen-bond acceptors (Lipinski definition) is 5. The molecule has 154 valence electrons. The van der Waals surface area contributed by atoms with Gasteiger partial charge in [0.2, 0.25) is 12.3 Å². The highest BCUT2D eigenvalue weighted by atomic mass is 31.2. The predicted octanol–water partition coefficient (Wildman–Crippen LogP) is 3.97. The molecule has 1 fully saturated rings. The monoisotopic (exact) mass is 398 g/mol. The van der Waals surface area contributed by atoms with Gasteiger partial charge < -0.3 is 9.05 Å². The van der Waals surface area contributed by atoms with Crippen molar-refractivity contribution in [3.63, 3.8) is 0 Å². The van der Waals surface area contributed by atoms with E-state index in [0.29, 0.717) is 6.41 Å². The molecule has 0 aromatic rings. The molecule has 7 heteroatoms. The van der Waals surface area contributed by atoms with Crippen LogP contribution in [0.4, 0.5) is 0 Å². The molecule has 0 aliphatic heterocycles. The summed E-state index contributed by atoms with van der Waals surface area (Å²) in [7, 11) is 0.413. The number of amides is 2. The van der Waals surface area contributed by atoms with Crippen LogP contribution < -0.4 is 0 Å². The van der Waals surface area contributed by atoms with Crippen molar-refractivity contribution >= 4 is 20.8 Å². The Kier molecular flexibility index (Phi) is 7.23. The van der Waals surface area contributed by atoms with Crippen molar-refractivity contribution in [2.75, 3.05) is 20.3 Å². The van der Waals surface area contributed by atoms with Crippen LogP contribution in [-0.2, 0) is 18.6 Å². The molecule has 0 saturated heterocycles. The van der Waals surface area contributed by atoms with Crippen molar-refractivity contribution in [3.8, 4) is 0 Å². The van der Waals surface area contributed by atoms with E-state index in [-0.39, 0.29) is 47.9 Å². The van der Waals surface area contributed by atoms with Gasteiger partial charge in [0.1, 0.15) is 0 Å². The van der Waals surface area contributed by atoms with Crippen molar-refractivity contribution in [1.29, 1.82) is 0 Å². The summed E-state index contributed by atoms with van der Waals surface area (Å²) in [6, 6.07) is 0.558. The van der Waals surface area contributed by atoms with Crippen molar-refractivity contribution in [3.05, 3.63) is 12.2 Å². The molecule has 2 amide bonds. The van der Waals surface area contributed by atoms with Crippen LogP contribution in [0.2, 0.25) is 0 Å². The highest BCUT2D eigenvalue weighted by molar-refractivity contribution is 7.44. The first-order valence-corrected chi connectivity index (χ1v) is 10.9. The van der Waals surface area contributed by atoms with Crippen LogP contribution in [0.1, 0.15) is 54.4 Å². The maximum absolute atomic E-state index is 13.0. The Morgan fingerprint density at radius 1 is 1.26 bits per heavy atom. The molecule has 0 heterocycles. The number of carbonyl (C=O) groups is 2. The first-order chi connectivity index (χ1) is 12.6. The molecule has 0 aromatic carbocycles. The predicted molar refractivity (Wildman–Crippen MR) is 108 cm³/mol. The zero-order valence-electron chi connectivity index (χ0n) is 17.8. The second-order valence-corrected chi connectivity index (χ2v) is 10.4.